The molecule has 0 atom stereocenters. The predicted molar refractivity (Wildman–Crippen MR) is 86.7 cm³/mol. The molecule has 0 spiro atoms. The normalized spacial score (nSPS) is 16.3. The van der Waals surface area contributed by atoms with Crippen LogP contribution in [-0.4, -0.2) is 25.4 Å². The molecule has 1 aromatic heterocycles. The Morgan fingerprint density at radius 3 is 2.65 bits per heavy atom. The van der Waals surface area contributed by atoms with E-state index in [-0.39, 0.29) is 0 Å². The molecule has 0 aliphatic carbocycles. The Kier molecular flexibility index (Phi) is 4.12. The Morgan fingerprint density at radius 2 is 2.00 bits per heavy atom. The number of imide groups is 1. The number of rotatable bonds is 4. The lowest BCUT2D eigenvalue weighted by molar-refractivity contribution is -0.113. The molecular formula is C16H13NO5S. The van der Waals surface area contributed by atoms with Crippen LogP contribution in [-0.2, 0) is 4.79 Å². The molecule has 1 aliphatic heterocycles. The highest BCUT2D eigenvalue weighted by atomic mass is 32.2. The average molecular weight is 331 g/mol. The second kappa shape index (κ2) is 6.21. The summed E-state index contributed by atoms with van der Waals surface area (Å²) < 4.78 is 15.6. The van der Waals surface area contributed by atoms with Crippen molar-refractivity contribution >= 4 is 34.7 Å². The van der Waals surface area contributed by atoms with Gasteiger partial charge in [-0.25, -0.2) is 4.90 Å². The number of anilines is 1. The summed E-state index contributed by atoms with van der Waals surface area (Å²) in [6.07, 6.45) is 3.05. The first-order valence-electron chi connectivity index (χ1n) is 6.67. The lowest BCUT2D eigenvalue weighted by Gasteiger charge is -2.16. The number of benzene rings is 1. The van der Waals surface area contributed by atoms with Crippen LogP contribution >= 0.6 is 11.8 Å². The van der Waals surface area contributed by atoms with Gasteiger partial charge in [0.05, 0.1) is 31.1 Å². The Morgan fingerprint density at radius 1 is 1.17 bits per heavy atom. The molecule has 118 valence electrons. The number of methoxy groups -OCH3 is 2. The molecule has 7 heteroatoms. The number of carbonyl (C=O) groups is 2. The molecule has 23 heavy (non-hydrogen) atoms. The van der Waals surface area contributed by atoms with Gasteiger partial charge in [0.2, 0.25) is 0 Å². The smallest absolute Gasteiger partial charge is 0.298 e. The first-order valence-corrected chi connectivity index (χ1v) is 7.49. The molecule has 1 fully saturated rings. The highest BCUT2D eigenvalue weighted by Gasteiger charge is 2.38. The SMILES string of the molecule is COc1ccc(N2C(=O)S/C(=C/c3ccco3)C2=O)c(OC)c1. The number of hydrogen-bond donors (Lipinski definition) is 0. The van der Waals surface area contributed by atoms with Crippen molar-refractivity contribution in [3.05, 3.63) is 47.3 Å². The van der Waals surface area contributed by atoms with Gasteiger partial charge in [0, 0.05) is 12.1 Å². The van der Waals surface area contributed by atoms with Crippen LogP contribution in [0.5, 0.6) is 11.5 Å². The minimum Gasteiger partial charge on any atom is -0.497 e. The van der Waals surface area contributed by atoms with E-state index in [1.54, 1.807) is 36.4 Å². The zero-order chi connectivity index (χ0) is 16.4. The van der Waals surface area contributed by atoms with Crippen molar-refractivity contribution in [1.82, 2.24) is 0 Å². The lowest BCUT2D eigenvalue weighted by Crippen LogP contribution is -2.28. The molecule has 0 saturated carbocycles. The number of thioether (sulfide) groups is 1. The molecule has 2 amide bonds. The van der Waals surface area contributed by atoms with Crippen molar-refractivity contribution < 1.29 is 23.5 Å². The summed E-state index contributed by atoms with van der Waals surface area (Å²) in [6.45, 7) is 0. The quantitative estimate of drug-likeness (QED) is 0.798. The molecule has 0 radical (unpaired) electrons. The fourth-order valence-corrected chi connectivity index (χ4v) is 2.96. The van der Waals surface area contributed by atoms with Crippen molar-refractivity contribution in [3.8, 4) is 11.5 Å². The van der Waals surface area contributed by atoms with Crippen LogP contribution in [0.4, 0.5) is 10.5 Å². The third-order valence-corrected chi connectivity index (χ3v) is 4.11. The van der Waals surface area contributed by atoms with Gasteiger partial charge in [-0.15, -0.1) is 0 Å². The topological polar surface area (TPSA) is 69.0 Å². The summed E-state index contributed by atoms with van der Waals surface area (Å²) in [4.78, 5) is 26.2. The minimum atomic E-state index is -0.417. The van der Waals surface area contributed by atoms with Crippen molar-refractivity contribution in [3.63, 3.8) is 0 Å². The van der Waals surface area contributed by atoms with Crippen molar-refractivity contribution in [2.45, 2.75) is 0 Å². The second-order valence-corrected chi connectivity index (χ2v) is 5.56. The molecule has 0 bridgehead atoms. The predicted octanol–water partition coefficient (Wildman–Crippen LogP) is 3.54. The van der Waals surface area contributed by atoms with E-state index in [1.807, 2.05) is 0 Å². The van der Waals surface area contributed by atoms with Crippen molar-refractivity contribution in [1.29, 1.82) is 0 Å². The number of amides is 2. The van der Waals surface area contributed by atoms with Crippen LogP contribution < -0.4 is 14.4 Å². The maximum Gasteiger partial charge on any atom is 0.298 e. The van der Waals surface area contributed by atoms with Gasteiger partial charge in [-0.2, -0.15) is 0 Å². The first kappa shape index (κ1) is 15.2. The Balaban J connectivity index is 1.98. The van der Waals surface area contributed by atoms with E-state index in [2.05, 4.69) is 0 Å². The molecular weight excluding hydrogens is 318 g/mol. The summed E-state index contributed by atoms with van der Waals surface area (Å²) in [5, 5.41) is -0.392. The summed E-state index contributed by atoms with van der Waals surface area (Å²) >= 11 is 0.856. The highest BCUT2D eigenvalue weighted by molar-refractivity contribution is 8.19. The van der Waals surface area contributed by atoms with Gasteiger partial charge >= 0.3 is 0 Å². The molecule has 1 aromatic carbocycles. The standard InChI is InChI=1S/C16H13NO5S/c1-20-10-5-6-12(13(8-10)21-2)17-15(18)14(23-16(17)19)9-11-4-3-7-22-11/h3-9H,1-2H3/b14-9+. The minimum absolute atomic E-state index is 0.294. The van der Waals surface area contributed by atoms with Crippen LogP contribution in [0.2, 0.25) is 0 Å². The summed E-state index contributed by atoms with van der Waals surface area (Å²) in [6, 6.07) is 8.32. The van der Waals surface area contributed by atoms with E-state index >= 15 is 0 Å². The van der Waals surface area contributed by atoms with E-state index < -0.39 is 11.1 Å². The summed E-state index contributed by atoms with van der Waals surface area (Å²) in [5.74, 6) is 1.05. The zero-order valence-electron chi connectivity index (χ0n) is 12.4. The third-order valence-electron chi connectivity index (χ3n) is 3.24. The van der Waals surface area contributed by atoms with Gasteiger partial charge in [0.1, 0.15) is 17.3 Å². The van der Waals surface area contributed by atoms with E-state index in [1.165, 1.54) is 20.5 Å². The van der Waals surface area contributed by atoms with Crippen molar-refractivity contribution in [2.75, 3.05) is 19.1 Å². The fourth-order valence-electron chi connectivity index (χ4n) is 2.15. The number of furan rings is 1. The summed E-state index contributed by atoms with van der Waals surface area (Å²) in [5.41, 5.74) is 0.374. The van der Waals surface area contributed by atoms with E-state index in [4.69, 9.17) is 13.9 Å². The number of nitrogens with zero attached hydrogens (tertiary/aromatic N) is 1. The fraction of sp³-hybridized carbons (Fsp3) is 0.125. The van der Waals surface area contributed by atoms with Gasteiger partial charge < -0.3 is 13.9 Å². The van der Waals surface area contributed by atoms with Gasteiger partial charge in [-0.1, -0.05) is 0 Å². The van der Waals surface area contributed by atoms with E-state index in [0.717, 1.165) is 16.7 Å². The van der Waals surface area contributed by atoms with E-state index in [0.29, 0.717) is 27.9 Å². The second-order valence-electron chi connectivity index (χ2n) is 4.57. The number of carbonyl (C=O) groups excluding carboxylic acids is 2. The van der Waals surface area contributed by atoms with Gasteiger partial charge in [-0.05, 0) is 36.0 Å². The zero-order valence-corrected chi connectivity index (χ0v) is 13.3. The van der Waals surface area contributed by atoms with Gasteiger partial charge in [-0.3, -0.25) is 9.59 Å². The Bertz CT molecular complexity index is 782. The lowest BCUT2D eigenvalue weighted by atomic mass is 10.2. The van der Waals surface area contributed by atoms with Crippen LogP contribution in [0.1, 0.15) is 5.76 Å². The molecule has 2 aromatic rings. The molecule has 0 unspecified atom stereocenters. The largest absolute Gasteiger partial charge is 0.497 e. The molecule has 2 heterocycles. The Labute approximate surface area is 136 Å². The Hall–Kier alpha value is -2.67. The van der Waals surface area contributed by atoms with Crippen LogP contribution in [0, 0.1) is 0 Å². The molecule has 6 nitrogen and oxygen atoms in total. The maximum absolute atomic E-state index is 12.6. The molecule has 1 saturated heterocycles. The van der Waals surface area contributed by atoms with Crippen LogP contribution in [0.3, 0.4) is 0 Å². The first-order chi connectivity index (χ1) is 11.1. The third kappa shape index (κ3) is 2.83. The molecule has 1 aliphatic rings. The number of hydrogen-bond acceptors (Lipinski definition) is 6. The monoisotopic (exact) mass is 331 g/mol. The maximum atomic E-state index is 12.6. The highest BCUT2D eigenvalue weighted by Crippen LogP contribution is 2.40. The number of ether oxygens (including phenoxy) is 2. The molecule has 3 rings (SSSR count). The van der Waals surface area contributed by atoms with Gasteiger partial charge in [0.25, 0.3) is 11.1 Å². The van der Waals surface area contributed by atoms with E-state index in [9.17, 15) is 9.59 Å². The van der Waals surface area contributed by atoms with Crippen molar-refractivity contribution in [2.24, 2.45) is 0 Å². The van der Waals surface area contributed by atoms with Crippen LogP contribution in [0.15, 0.2) is 45.9 Å². The average Bonchev–Trinajstić information content (AvgIpc) is 3.16. The van der Waals surface area contributed by atoms with Gasteiger partial charge in [0.15, 0.2) is 0 Å². The van der Waals surface area contributed by atoms with Crippen LogP contribution in [0.25, 0.3) is 6.08 Å². The molecule has 0 N–H and O–H groups in total. The summed E-state index contributed by atoms with van der Waals surface area (Å²) in [7, 11) is 3.00.